The van der Waals surface area contributed by atoms with Gasteiger partial charge in [0.1, 0.15) is 15.9 Å². The van der Waals surface area contributed by atoms with Crippen molar-refractivity contribution in [3.8, 4) is 0 Å². The van der Waals surface area contributed by atoms with Gasteiger partial charge >= 0.3 is 0 Å². The van der Waals surface area contributed by atoms with Crippen molar-refractivity contribution < 1.29 is 4.42 Å². The zero-order valence-electron chi connectivity index (χ0n) is 9.39. The van der Waals surface area contributed by atoms with Crippen molar-refractivity contribution in [1.29, 1.82) is 0 Å². The molecular weight excluding hydrogens is 252 g/mol. The van der Waals surface area contributed by atoms with E-state index in [1.54, 1.807) is 23.1 Å². The molecule has 17 heavy (non-hydrogen) atoms. The lowest BCUT2D eigenvalue weighted by Crippen LogP contribution is -2.14. The second-order valence-electron chi connectivity index (χ2n) is 4.11. The van der Waals surface area contributed by atoms with Gasteiger partial charge in [0.05, 0.1) is 12.3 Å². The Labute approximate surface area is 109 Å². The van der Waals surface area contributed by atoms with Crippen LogP contribution >= 0.6 is 23.1 Å². The fraction of sp³-hybridized carbons (Fsp3) is 0.417. The molecule has 0 amide bonds. The molecule has 1 aliphatic rings. The lowest BCUT2D eigenvalue weighted by Gasteiger charge is -1.98. The molecule has 2 aromatic heterocycles. The molecule has 2 aromatic rings. The molecule has 0 aliphatic heterocycles. The van der Waals surface area contributed by atoms with E-state index in [-0.39, 0.29) is 0 Å². The first-order valence-corrected chi connectivity index (χ1v) is 7.60. The molecule has 0 radical (unpaired) electrons. The molecular formula is C12H14N2OS2. The van der Waals surface area contributed by atoms with Crippen molar-refractivity contribution in [3.63, 3.8) is 0 Å². The molecule has 0 aromatic carbocycles. The maximum absolute atomic E-state index is 5.75. The number of aromatic nitrogens is 1. The lowest BCUT2D eigenvalue weighted by atomic mass is 10.4. The van der Waals surface area contributed by atoms with Gasteiger partial charge in [-0.25, -0.2) is 4.98 Å². The minimum Gasteiger partial charge on any atom is -0.464 e. The Morgan fingerprint density at radius 3 is 3.06 bits per heavy atom. The minimum atomic E-state index is 0.730. The summed E-state index contributed by atoms with van der Waals surface area (Å²) in [5, 5.41) is 5.44. The molecule has 0 atom stereocenters. The van der Waals surface area contributed by atoms with Gasteiger partial charge in [-0.15, -0.1) is 11.3 Å². The van der Waals surface area contributed by atoms with Crippen molar-refractivity contribution in [2.24, 2.45) is 0 Å². The Morgan fingerprint density at radius 1 is 1.41 bits per heavy atom. The fourth-order valence-corrected chi connectivity index (χ4v) is 3.07. The van der Waals surface area contributed by atoms with Crippen molar-refractivity contribution in [1.82, 2.24) is 10.3 Å². The fourth-order valence-electron chi connectivity index (χ4n) is 1.54. The van der Waals surface area contributed by atoms with Crippen molar-refractivity contribution in [2.45, 2.75) is 35.5 Å². The molecule has 0 spiro atoms. The van der Waals surface area contributed by atoms with Crippen molar-refractivity contribution >= 4 is 23.1 Å². The van der Waals surface area contributed by atoms with Gasteiger partial charge in [0.25, 0.3) is 0 Å². The molecule has 0 unspecified atom stereocenters. The Kier molecular flexibility index (Phi) is 3.49. The smallest absolute Gasteiger partial charge is 0.150 e. The molecule has 3 rings (SSSR count). The molecule has 1 N–H and O–H groups in total. The quantitative estimate of drug-likeness (QED) is 0.814. The number of furan rings is 1. The van der Waals surface area contributed by atoms with Crippen LogP contribution in [0.15, 0.2) is 32.5 Å². The highest BCUT2D eigenvalue weighted by atomic mass is 32.2. The third kappa shape index (κ3) is 3.34. The standard InChI is InChI=1S/C12H14N2OS2/c1-2-9(1)14-7-10-3-4-11(15-10)8-17-12-13-5-6-16-12/h3-6,9,14H,1-2,7-8H2. The molecule has 1 fully saturated rings. The van der Waals surface area contributed by atoms with E-state index in [9.17, 15) is 0 Å². The first kappa shape index (κ1) is 11.3. The highest BCUT2D eigenvalue weighted by Gasteiger charge is 2.20. The van der Waals surface area contributed by atoms with Crippen LogP contribution in [0.5, 0.6) is 0 Å². The predicted molar refractivity (Wildman–Crippen MR) is 70.2 cm³/mol. The Morgan fingerprint density at radius 2 is 2.29 bits per heavy atom. The van der Waals surface area contributed by atoms with Gasteiger partial charge in [0, 0.05) is 17.6 Å². The van der Waals surface area contributed by atoms with E-state index in [1.165, 1.54) is 12.8 Å². The molecule has 1 saturated carbocycles. The van der Waals surface area contributed by atoms with Crippen molar-refractivity contribution in [2.75, 3.05) is 0 Å². The summed E-state index contributed by atoms with van der Waals surface area (Å²) in [6.45, 7) is 0.854. The van der Waals surface area contributed by atoms with Gasteiger partial charge < -0.3 is 9.73 Å². The van der Waals surface area contributed by atoms with Crippen LogP contribution in [0.2, 0.25) is 0 Å². The van der Waals surface area contributed by atoms with Crippen LogP contribution in [-0.4, -0.2) is 11.0 Å². The summed E-state index contributed by atoms with van der Waals surface area (Å²) in [6.07, 6.45) is 4.46. The van der Waals surface area contributed by atoms with Crippen LogP contribution in [0, 0.1) is 0 Å². The number of hydrogen-bond acceptors (Lipinski definition) is 5. The van der Waals surface area contributed by atoms with E-state index in [0.717, 1.165) is 34.2 Å². The first-order valence-electron chi connectivity index (χ1n) is 5.73. The van der Waals surface area contributed by atoms with E-state index in [4.69, 9.17) is 4.42 Å². The highest BCUT2D eigenvalue weighted by Crippen LogP contribution is 2.25. The molecule has 0 saturated heterocycles. The first-order chi connectivity index (χ1) is 8.40. The van der Waals surface area contributed by atoms with Gasteiger partial charge in [0.15, 0.2) is 0 Å². The monoisotopic (exact) mass is 266 g/mol. The van der Waals surface area contributed by atoms with Crippen LogP contribution in [0.3, 0.4) is 0 Å². The second kappa shape index (κ2) is 5.25. The van der Waals surface area contributed by atoms with E-state index in [1.807, 2.05) is 11.6 Å². The molecule has 2 heterocycles. The number of hydrogen-bond donors (Lipinski definition) is 1. The largest absolute Gasteiger partial charge is 0.464 e. The summed E-state index contributed by atoms with van der Waals surface area (Å²) in [7, 11) is 0. The third-order valence-corrected chi connectivity index (χ3v) is 4.60. The maximum atomic E-state index is 5.75. The van der Waals surface area contributed by atoms with E-state index < -0.39 is 0 Å². The molecule has 1 aliphatic carbocycles. The number of thiazole rings is 1. The second-order valence-corrected chi connectivity index (χ2v) is 6.23. The SMILES string of the molecule is c1csc(SCc2ccc(CNC3CC3)o2)n1. The van der Waals surface area contributed by atoms with Gasteiger partial charge in [-0.05, 0) is 25.0 Å². The summed E-state index contributed by atoms with van der Waals surface area (Å²) in [5.74, 6) is 2.92. The Balaban J connectivity index is 1.49. The summed E-state index contributed by atoms with van der Waals surface area (Å²) in [5.41, 5.74) is 0. The number of nitrogens with one attached hydrogen (secondary N) is 1. The Hall–Kier alpha value is -0.780. The Bertz CT molecular complexity index is 463. The normalized spacial score (nSPS) is 15.3. The van der Waals surface area contributed by atoms with Crippen LogP contribution in [0.1, 0.15) is 24.4 Å². The van der Waals surface area contributed by atoms with Crippen molar-refractivity contribution in [3.05, 3.63) is 35.2 Å². The average molecular weight is 266 g/mol. The molecule has 5 heteroatoms. The van der Waals surface area contributed by atoms with Gasteiger partial charge in [-0.3, -0.25) is 0 Å². The number of rotatable bonds is 6. The predicted octanol–water partition coefficient (Wildman–Crippen LogP) is 3.28. The van der Waals surface area contributed by atoms with Crippen LogP contribution in [-0.2, 0) is 12.3 Å². The van der Waals surface area contributed by atoms with Crippen LogP contribution in [0.25, 0.3) is 0 Å². The molecule has 0 bridgehead atoms. The summed E-state index contributed by atoms with van der Waals surface area (Å²) in [6, 6.07) is 4.85. The molecule has 90 valence electrons. The van der Waals surface area contributed by atoms with Crippen LogP contribution < -0.4 is 5.32 Å². The number of nitrogens with zero attached hydrogens (tertiary/aromatic N) is 1. The zero-order chi connectivity index (χ0) is 11.5. The third-order valence-electron chi connectivity index (χ3n) is 2.61. The van der Waals surface area contributed by atoms with Gasteiger partial charge in [0.2, 0.25) is 0 Å². The highest BCUT2D eigenvalue weighted by molar-refractivity contribution is 8.00. The topological polar surface area (TPSA) is 38.1 Å². The minimum absolute atomic E-state index is 0.730. The zero-order valence-corrected chi connectivity index (χ0v) is 11.0. The number of thioether (sulfide) groups is 1. The van der Waals surface area contributed by atoms with Crippen LogP contribution in [0.4, 0.5) is 0 Å². The lowest BCUT2D eigenvalue weighted by molar-refractivity contribution is 0.458. The van der Waals surface area contributed by atoms with E-state index in [0.29, 0.717) is 0 Å². The summed E-state index contributed by atoms with van der Waals surface area (Å²) >= 11 is 3.39. The van der Waals surface area contributed by atoms with Gasteiger partial charge in [-0.2, -0.15) is 0 Å². The maximum Gasteiger partial charge on any atom is 0.150 e. The van der Waals surface area contributed by atoms with E-state index >= 15 is 0 Å². The average Bonchev–Trinajstić information content (AvgIpc) is 2.86. The molecule has 3 nitrogen and oxygen atoms in total. The van der Waals surface area contributed by atoms with Gasteiger partial charge in [-0.1, -0.05) is 11.8 Å². The van der Waals surface area contributed by atoms with E-state index in [2.05, 4.69) is 22.4 Å². The summed E-state index contributed by atoms with van der Waals surface area (Å²) in [4.78, 5) is 4.23. The summed E-state index contributed by atoms with van der Waals surface area (Å²) < 4.78 is 6.85.